The van der Waals surface area contributed by atoms with Crippen LogP contribution in [0.15, 0.2) is 65.2 Å². The molecule has 0 saturated carbocycles. The Morgan fingerprint density at radius 1 is 0.974 bits per heavy atom. The Balaban J connectivity index is 1.72. The van der Waals surface area contributed by atoms with Crippen LogP contribution in [0.25, 0.3) is 44.3 Å². The maximum absolute atomic E-state index is 16.0. The van der Waals surface area contributed by atoms with E-state index in [9.17, 15) is 0 Å². The number of hydrogen-bond acceptors (Lipinski definition) is 1. The van der Waals surface area contributed by atoms with E-state index in [0.29, 0.717) is 17.6 Å². The van der Waals surface area contributed by atoms with Crippen LogP contribution in [-0.2, 0) is 24.3 Å². The first-order valence-electron chi connectivity index (χ1n) is 14.5. The molecule has 0 bridgehead atoms. The Morgan fingerprint density at radius 3 is 2.39 bits per heavy atom. The van der Waals surface area contributed by atoms with E-state index < -0.39 is 6.37 Å². The third-order valence-electron chi connectivity index (χ3n) is 8.29. The van der Waals surface area contributed by atoms with Crippen LogP contribution in [0.1, 0.15) is 72.5 Å². The smallest absolute Gasteiger partial charge is 0.216 e. The summed E-state index contributed by atoms with van der Waals surface area (Å²) in [4.78, 5) is 0. The first-order valence-corrected chi connectivity index (χ1v) is 13.5. The lowest BCUT2D eigenvalue weighted by Gasteiger charge is -2.37. The Morgan fingerprint density at radius 2 is 1.68 bits per heavy atom. The van der Waals surface area contributed by atoms with Crippen molar-refractivity contribution in [1.29, 1.82) is 0 Å². The molecule has 0 radical (unpaired) electrons. The minimum absolute atomic E-state index is 0.235. The third kappa shape index (κ3) is 3.78. The zero-order valence-corrected chi connectivity index (χ0v) is 23.4. The van der Waals surface area contributed by atoms with Gasteiger partial charge in [-0.25, -0.2) is 8.96 Å². The first-order chi connectivity index (χ1) is 18.7. The van der Waals surface area contributed by atoms with Gasteiger partial charge in [0.1, 0.15) is 24.0 Å². The highest BCUT2D eigenvalue weighted by Crippen LogP contribution is 2.46. The van der Waals surface area contributed by atoms with E-state index in [-0.39, 0.29) is 16.6 Å². The molecule has 0 fully saturated rings. The summed E-state index contributed by atoms with van der Waals surface area (Å²) in [5, 5.41) is 1.82. The number of pyridine rings is 1. The number of furan rings is 1. The summed E-state index contributed by atoms with van der Waals surface area (Å²) in [6.07, 6.45) is 1.78. The second-order valence-electron chi connectivity index (χ2n) is 12.5. The average molecular weight is 509 g/mol. The van der Waals surface area contributed by atoms with Crippen molar-refractivity contribution in [2.24, 2.45) is 7.05 Å². The van der Waals surface area contributed by atoms with Crippen molar-refractivity contribution < 1.29 is 16.1 Å². The fraction of sp³-hybridized carbons (Fsp3) is 0.343. The van der Waals surface area contributed by atoms with E-state index in [2.05, 4.69) is 64.3 Å². The zero-order valence-electron chi connectivity index (χ0n) is 25.4. The lowest BCUT2D eigenvalue weighted by atomic mass is 9.68. The molecule has 0 N–H and O–H groups in total. The summed E-state index contributed by atoms with van der Waals surface area (Å²) in [6.45, 7) is 12.7. The Hall–Kier alpha value is -3.46. The number of halogens is 1. The van der Waals surface area contributed by atoms with Crippen molar-refractivity contribution in [3.8, 4) is 22.4 Å². The molecule has 0 saturated heterocycles. The molecule has 0 amide bonds. The van der Waals surface area contributed by atoms with Crippen LogP contribution >= 0.6 is 0 Å². The van der Waals surface area contributed by atoms with E-state index in [1.165, 1.54) is 6.07 Å². The van der Waals surface area contributed by atoms with Crippen LogP contribution in [0.4, 0.5) is 4.39 Å². The molecule has 0 atom stereocenters. The molecule has 1 aliphatic rings. The van der Waals surface area contributed by atoms with Crippen molar-refractivity contribution in [2.45, 2.75) is 71.6 Å². The molecule has 1 aliphatic carbocycles. The predicted molar refractivity (Wildman–Crippen MR) is 155 cm³/mol. The molecule has 0 aliphatic heterocycles. The van der Waals surface area contributed by atoms with Crippen LogP contribution in [-0.4, -0.2) is 0 Å². The van der Waals surface area contributed by atoms with Gasteiger partial charge in [-0.2, -0.15) is 0 Å². The maximum atomic E-state index is 16.0. The first kappa shape index (κ1) is 22.5. The molecule has 0 spiro atoms. The standard InChI is InChI=1S/C35H37FNO/c1-21-13-14-23-24-15-16-28(36)31(33(24)38-32(23)30(21)29-12-8-9-18-37(29)7)22-19-26(34(2,3)4)25-11-10-17-35(5,6)27(25)20-22/h8-9,12-16,18-20H,10-11,17H2,1-7H3/q+1/i11D2. The van der Waals surface area contributed by atoms with Crippen molar-refractivity contribution in [1.82, 2.24) is 0 Å². The highest BCUT2D eigenvalue weighted by atomic mass is 19.1. The highest BCUT2D eigenvalue weighted by molar-refractivity contribution is 6.13. The second kappa shape index (κ2) is 8.53. The van der Waals surface area contributed by atoms with Gasteiger partial charge in [0.15, 0.2) is 6.20 Å². The van der Waals surface area contributed by atoms with Crippen LogP contribution in [0.5, 0.6) is 0 Å². The molecule has 38 heavy (non-hydrogen) atoms. The molecule has 6 rings (SSSR count). The fourth-order valence-electron chi connectivity index (χ4n) is 6.09. The Kier molecular flexibility index (Phi) is 5.05. The fourth-order valence-corrected chi connectivity index (χ4v) is 6.09. The molecule has 2 nitrogen and oxygen atoms in total. The number of nitrogens with zero attached hydrogens (tertiary/aromatic N) is 1. The number of aromatic nitrogens is 1. The number of rotatable bonds is 2. The Bertz CT molecular complexity index is 1810. The largest absolute Gasteiger partial charge is 0.454 e. The van der Waals surface area contributed by atoms with E-state index in [0.717, 1.165) is 61.9 Å². The normalized spacial score (nSPS) is 17.4. The van der Waals surface area contributed by atoms with Crippen molar-refractivity contribution in [2.75, 3.05) is 0 Å². The highest BCUT2D eigenvalue weighted by Gasteiger charge is 2.33. The number of hydrogen-bond donors (Lipinski definition) is 0. The SMILES string of the molecule is [2H]C1([2H])CCC(C)(C)c2cc(-c3c(F)ccc4c3oc3c(-c5cccc[n+]5C)c(C)ccc34)cc(C(C)(C)C)c21. The van der Waals surface area contributed by atoms with Crippen LogP contribution in [0.2, 0.25) is 0 Å². The van der Waals surface area contributed by atoms with Crippen LogP contribution in [0, 0.1) is 12.7 Å². The van der Waals surface area contributed by atoms with Gasteiger partial charge >= 0.3 is 0 Å². The topological polar surface area (TPSA) is 17.0 Å². The third-order valence-corrected chi connectivity index (χ3v) is 8.29. The summed E-state index contributed by atoms with van der Waals surface area (Å²) in [5.41, 5.74) is 7.65. The molecule has 3 aromatic carbocycles. The summed E-state index contributed by atoms with van der Waals surface area (Å²) >= 11 is 0. The summed E-state index contributed by atoms with van der Waals surface area (Å²) in [5.74, 6) is -0.341. The summed E-state index contributed by atoms with van der Waals surface area (Å²) in [6, 6.07) is 17.6. The van der Waals surface area contributed by atoms with Crippen LogP contribution in [0.3, 0.4) is 0 Å². The van der Waals surface area contributed by atoms with Gasteiger partial charge in [0.05, 0.1) is 11.1 Å². The number of fused-ring (bicyclic) bond motifs is 4. The molecule has 5 aromatic rings. The summed E-state index contributed by atoms with van der Waals surface area (Å²) in [7, 11) is 2.02. The van der Waals surface area contributed by atoms with E-state index in [1.54, 1.807) is 0 Å². The molecule has 2 aromatic heterocycles. The van der Waals surface area contributed by atoms with Gasteiger partial charge < -0.3 is 4.42 Å². The van der Waals surface area contributed by atoms with Crippen molar-refractivity contribution in [3.63, 3.8) is 0 Å². The second-order valence-corrected chi connectivity index (χ2v) is 12.5. The predicted octanol–water partition coefficient (Wildman–Crippen LogP) is 9.10. The van der Waals surface area contributed by atoms with Gasteiger partial charge in [-0.1, -0.05) is 58.9 Å². The van der Waals surface area contributed by atoms with Gasteiger partial charge in [-0.3, -0.25) is 0 Å². The summed E-state index contributed by atoms with van der Waals surface area (Å²) < 4.78 is 42.6. The molecular weight excluding hydrogens is 469 g/mol. The average Bonchev–Trinajstić information content (AvgIpc) is 3.24. The van der Waals surface area contributed by atoms with Gasteiger partial charge in [0.25, 0.3) is 0 Å². The van der Waals surface area contributed by atoms with E-state index in [1.807, 2.05) is 43.6 Å². The monoisotopic (exact) mass is 508 g/mol. The number of aryl methyl sites for hydroxylation is 2. The van der Waals surface area contributed by atoms with Gasteiger partial charge in [0, 0.05) is 25.6 Å². The van der Waals surface area contributed by atoms with Crippen molar-refractivity contribution in [3.05, 3.63) is 88.9 Å². The molecule has 194 valence electrons. The number of benzene rings is 3. The van der Waals surface area contributed by atoms with Gasteiger partial charge in [-0.05, 0) is 83.0 Å². The maximum Gasteiger partial charge on any atom is 0.216 e. The minimum Gasteiger partial charge on any atom is -0.454 e. The molecule has 3 heteroatoms. The van der Waals surface area contributed by atoms with Gasteiger partial charge in [-0.15, -0.1) is 0 Å². The zero-order chi connectivity index (χ0) is 28.8. The molecular formula is C35H37FNO+. The Labute approximate surface area is 227 Å². The minimum atomic E-state index is -1.44. The van der Waals surface area contributed by atoms with Crippen molar-refractivity contribution >= 4 is 21.9 Å². The molecule has 2 heterocycles. The van der Waals surface area contributed by atoms with Gasteiger partial charge in [0.2, 0.25) is 5.69 Å². The lowest BCUT2D eigenvalue weighted by Crippen LogP contribution is -2.30. The van der Waals surface area contributed by atoms with Crippen LogP contribution < -0.4 is 4.57 Å². The van der Waals surface area contributed by atoms with E-state index in [4.69, 9.17) is 7.16 Å². The van der Waals surface area contributed by atoms with E-state index >= 15 is 4.39 Å². The lowest BCUT2D eigenvalue weighted by molar-refractivity contribution is -0.660. The quantitative estimate of drug-likeness (QED) is 0.217. The molecule has 0 unspecified atom stereocenters.